The molecule has 2 N–H and O–H groups in total. The fourth-order valence-electron chi connectivity index (χ4n) is 2.96. The molecule has 1 saturated heterocycles. The van der Waals surface area contributed by atoms with Gasteiger partial charge in [0.05, 0.1) is 20.3 Å². The summed E-state index contributed by atoms with van der Waals surface area (Å²) >= 11 is 0. The molecule has 1 aliphatic heterocycles. The number of hydrogen-bond acceptors (Lipinski definition) is 4. The number of nitrogens with zero attached hydrogens (tertiary/aromatic N) is 1. The maximum Gasteiger partial charge on any atom is 0.242 e. The lowest BCUT2D eigenvalue weighted by molar-refractivity contribution is -0.150. The molecule has 0 unspecified atom stereocenters. The summed E-state index contributed by atoms with van der Waals surface area (Å²) < 4.78 is 10.6. The normalized spacial score (nSPS) is 20.1. The van der Waals surface area contributed by atoms with Crippen molar-refractivity contribution in [1.82, 2.24) is 4.90 Å². The molecule has 2 aromatic carbocycles. The number of carbonyl (C=O) groups is 1. The first-order valence-corrected chi connectivity index (χ1v) is 7.47. The van der Waals surface area contributed by atoms with Crippen LogP contribution in [0.5, 0.6) is 11.5 Å². The largest absolute Gasteiger partial charge is 0.493 e. The Morgan fingerprint density at radius 3 is 2.39 bits per heavy atom. The van der Waals surface area contributed by atoms with E-state index in [0.29, 0.717) is 18.0 Å². The monoisotopic (exact) mass is 312 g/mol. The summed E-state index contributed by atoms with van der Waals surface area (Å²) in [6.07, 6.45) is 0. The number of methoxy groups -OCH3 is 2. The van der Waals surface area contributed by atoms with Gasteiger partial charge in [-0.15, -0.1) is 0 Å². The van der Waals surface area contributed by atoms with E-state index in [1.165, 1.54) is 0 Å². The van der Waals surface area contributed by atoms with E-state index in [1.807, 2.05) is 48.5 Å². The summed E-state index contributed by atoms with van der Waals surface area (Å²) in [5, 5.41) is 0. The second-order valence-electron chi connectivity index (χ2n) is 5.54. The molecule has 3 rings (SSSR count). The van der Waals surface area contributed by atoms with E-state index in [9.17, 15) is 4.79 Å². The number of nitrogens with two attached hydrogens (primary N) is 1. The van der Waals surface area contributed by atoms with Gasteiger partial charge >= 0.3 is 0 Å². The minimum absolute atomic E-state index is 0.0337. The lowest BCUT2D eigenvalue weighted by Crippen LogP contribution is -2.62. The molecule has 1 aliphatic rings. The van der Waals surface area contributed by atoms with Gasteiger partial charge in [0.2, 0.25) is 5.91 Å². The quantitative estimate of drug-likeness (QED) is 0.859. The average Bonchev–Trinajstić information content (AvgIpc) is 2.61. The predicted molar refractivity (Wildman–Crippen MR) is 87.3 cm³/mol. The van der Waals surface area contributed by atoms with Crippen molar-refractivity contribution in [3.05, 3.63) is 59.7 Å². The van der Waals surface area contributed by atoms with Crippen molar-refractivity contribution in [2.75, 3.05) is 14.2 Å². The molecule has 0 aromatic heterocycles. The number of carbonyl (C=O) groups excluding carboxylic acids is 1. The van der Waals surface area contributed by atoms with E-state index in [1.54, 1.807) is 19.1 Å². The van der Waals surface area contributed by atoms with Gasteiger partial charge in [0, 0.05) is 6.54 Å². The SMILES string of the molecule is COc1ccc(CN2C(=O)[C@@H](N)[C@H]2c2ccccc2)cc1OC. The van der Waals surface area contributed by atoms with Gasteiger partial charge in [0.15, 0.2) is 11.5 Å². The summed E-state index contributed by atoms with van der Waals surface area (Å²) in [4.78, 5) is 14.0. The van der Waals surface area contributed by atoms with Crippen LogP contribution in [0.4, 0.5) is 0 Å². The second-order valence-corrected chi connectivity index (χ2v) is 5.54. The molecule has 1 amide bonds. The number of ether oxygens (including phenoxy) is 2. The third-order valence-electron chi connectivity index (χ3n) is 4.19. The molecule has 5 nitrogen and oxygen atoms in total. The highest BCUT2D eigenvalue weighted by atomic mass is 16.5. The zero-order valence-corrected chi connectivity index (χ0v) is 13.2. The minimum atomic E-state index is -0.474. The number of β-lactam (4-membered cyclic amide) rings is 1. The highest BCUT2D eigenvalue weighted by molar-refractivity contribution is 5.89. The predicted octanol–water partition coefficient (Wildman–Crippen LogP) is 2.11. The molecule has 0 spiro atoms. The molecule has 23 heavy (non-hydrogen) atoms. The Morgan fingerprint density at radius 1 is 1.04 bits per heavy atom. The Bertz CT molecular complexity index is 703. The van der Waals surface area contributed by atoms with E-state index in [4.69, 9.17) is 15.2 Å². The second kappa shape index (κ2) is 6.30. The van der Waals surface area contributed by atoms with E-state index in [0.717, 1.165) is 11.1 Å². The average molecular weight is 312 g/mol. The van der Waals surface area contributed by atoms with Gasteiger partial charge in [-0.2, -0.15) is 0 Å². The molecule has 1 fully saturated rings. The number of rotatable bonds is 5. The summed E-state index contributed by atoms with van der Waals surface area (Å²) in [6.45, 7) is 0.493. The van der Waals surface area contributed by atoms with Crippen LogP contribution in [0.15, 0.2) is 48.5 Å². The Morgan fingerprint density at radius 2 is 1.74 bits per heavy atom. The fraction of sp³-hybridized carbons (Fsp3) is 0.278. The van der Waals surface area contributed by atoms with E-state index >= 15 is 0 Å². The van der Waals surface area contributed by atoms with Gasteiger partial charge < -0.3 is 20.1 Å². The van der Waals surface area contributed by atoms with E-state index < -0.39 is 6.04 Å². The van der Waals surface area contributed by atoms with Gasteiger partial charge in [-0.3, -0.25) is 4.79 Å². The first-order chi connectivity index (χ1) is 11.2. The topological polar surface area (TPSA) is 64.8 Å². The first-order valence-electron chi connectivity index (χ1n) is 7.47. The minimum Gasteiger partial charge on any atom is -0.493 e. The molecular formula is C18H20N2O3. The van der Waals surface area contributed by atoms with Crippen LogP contribution >= 0.6 is 0 Å². The number of amides is 1. The summed E-state index contributed by atoms with van der Waals surface area (Å²) in [5.41, 5.74) is 8.04. The Kier molecular flexibility index (Phi) is 4.21. The summed E-state index contributed by atoms with van der Waals surface area (Å²) in [7, 11) is 3.19. The maximum absolute atomic E-state index is 12.2. The molecule has 2 aromatic rings. The summed E-state index contributed by atoms with van der Waals surface area (Å²) in [6, 6.07) is 15.0. The van der Waals surface area contributed by atoms with Crippen molar-refractivity contribution in [2.24, 2.45) is 5.73 Å². The van der Waals surface area contributed by atoms with Crippen molar-refractivity contribution >= 4 is 5.91 Å². The number of hydrogen-bond donors (Lipinski definition) is 1. The molecule has 0 saturated carbocycles. The van der Waals surface area contributed by atoms with Gasteiger partial charge in [-0.1, -0.05) is 36.4 Å². The van der Waals surface area contributed by atoms with Gasteiger partial charge in [0.25, 0.3) is 0 Å². The Hall–Kier alpha value is -2.53. The molecule has 120 valence electrons. The maximum atomic E-state index is 12.2. The first kappa shape index (κ1) is 15.4. The molecule has 2 atom stereocenters. The van der Waals surface area contributed by atoms with Crippen LogP contribution in [0.1, 0.15) is 17.2 Å². The molecular weight excluding hydrogens is 292 g/mol. The summed E-state index contributed by atoms with van der Waals surface area (Å²) in [5.74, 6) is 1.29. The van der Waals surface area contributed by atoms with Crippen molar-refractivity contribution in [3.63, 3.8) is 0 Å². The lowest BCUT2D eigenvalue weighted by atomic mass is 9.88. The molecule has 0 radical (unpaired) electrons. The third-order valence-corrected chi connectivity index (χ3v) is 4.19. The van der Waals surface area contributed by atoms with Crippen LogP contribution < -0.4 is 15.2 Å². The van der Waals surface area contributed by atoms with E-state index in [2.05, 4.69) is 0 Å². The van der Waals surface area contributed by atoms with Gasteiger partial charge in [-0.05, 0) is 23.3 Å². The third kappa shape index (κ3) is 2.75. The lowest BCUT2D eigenvalue weighted by Gasteiger charge is -2.45. The van der Waals surface area contributed by atoms with Crippen molar-refractivity contribution in [2.45, 2.75) is 18.6 Å². The van der Waals surface area contributed by atoms with Crippen LogP contribution in [-0.2, 0) is 11.3 Å². The number of benzene rings is 2. The smallest absolute Gasteiger partial charge is 0.242 e. The van der Waals surface area contributed by atoms with Crippen LogP contribution in [0.25, 0.3) is 0 Å². The zero-order chi connectivity index (χ0) is 16.4. The highest BCUT2D eigenvalue weighted by Crippen LogP contribution is 2.36. The fourth-order valence-corrected chi connectivity index (χ4v) is 2.96. The number of likely N-dealkylation sites (tertiary alicyclic amines) is 1. The van der Waals surface area contributed by atoms with Crippen LogP contribution in [0.3, 0.4) is 0 Å². The highest BCUT2D eigenvalue weighted by Gasteiger charge is 2.45. The van der Waals surface area contributed by atoms with E-state index in [-0.39, 0.29) is 11.9 Å². The molecule has 5 heteroatoms. The zero-order valence-electron chi connectivity index (χ0n) is 13.2. The Labute approximate surface area is 135 Å². The van der Waals surface area contributed by atoms with Crippen LogP contribution in [-0.4, -0.2) is 31.1 Å². The Balaban J connectivity index is 1.83. The molecule has 0 aliphatic carbocycles. The van der Waals surface area contributed by atoms with Crippen molar-refractivity contribution in [3.8, 4) is 11.5 Å². The van der Waals surface area contributed by atoms with Crippen LogP contribution in [0.2, 0.25) is 0 Å². The molecule has 1 heterocycles. The van der Waals surface area contributed by atoms with Crippen LogP contribution in [0, 0.1) is 0 Å². The van der Waals surface area contributed by atoms with Crippen molar-refractivity contribution in [1.29, 1.82) is 0 Å². The van der Waals surface area contributed by atoms with Crippen molar-refractivity contribution < 1.29 is 14.3 Å². The standard InChI is InChI=1S/C18H20N2O3/c1-22-14-9-8-12(10-15(14)23-2)11-20-17(16(19)18(20)21)13-6-4-3-5-7-13/h3-10,16-17H,11,19H2,1-2H3/t16-,17+/m0/s1. The van der Waals surface area contributed by atoms with Gasteiger partial charge in [-0.25, -0.2) is 0 Å². The van der Waals surface area contributed by atoms with Gasteiger partial charge in [0.1, 0.15) is 6.04 Å². The molecule has 0 bridgehead atoms.